The first-order chi connectivity index (χ1) is 11.8. The zero-order valence-electron chi connectivity index (χ0n) is 13.5. The molecular formula is C19H17N5. The van der Waals surface area contributed by atoms with Gasteiger partial charge in [0.2, 0.25) is 0 Å². The van der Waals surface area contributed by atoms with E-state index in [0.29, 0.717) is 0 Å². The Hall–Kier alpha value is -2.95. The average molecular weight is 315 g/mol. The second-order valence-corrected chi connectivity index (χ2v) is 6.23. The normalized spacial score (nSPS) is 13.5. The molecule has 0 bridgehead atoms. The van der Waals surface area contributed by atoms with E-state index >= 15 is 0 Å². The highest BCUT2D eigenvalue weighted by atomic mass is 15.3. The standard InChI is InChI=1S/C19H17N5/c1-23-12-8-14-13(7-10-21-19(14)23)17-16-6-4-11-24(16)22-18(17)15-5-2-3-9-20-15/h2-3,5,7-10,12H,4,6,11H2,1H3. The van der Waals surface area contributed by atoms with Crippen LogP contribution in [0.25, 0.3) is 33.5 Å². The van der Waals surface area contributed by atoms with Crippen molar-refractivity contribution < 1.29 is 0 Å². The van der Waals surface area contributed by atoms with Gasteiger partial charge in [-0.25, -0.2) is 4.98 Å². The predicted molar refractivity (Wildman–Crippen MR) is 93.5 cm³/mol. The summed E-state index contributed by atoms with van der Waals surface area (Å²) in [6.45, 7) is 0.984. The second kappa shape index (κ2) is 5.03. The minimum atomic E-state index is 0.926. The lowest BCUT2D eigenvalue weighted by Crippen LogP contribution is -1.94. The molecule has 0 saturated heterocycles. The Morgan fingerprint density at radius 3 is 2.88 bits per heavy atom. The molecule has 0 aliphatic carbocycles. The molecule has 5 heterocycles. The third kappa shape index (κ3) is 1.84. The minimum Gasteiger partial charge on any atom is -0.336 e. The van der Waals surface area contributed by atoms with Gasteiger partial charge < -0.3 is 4.57 Å². The summed E-state index contributed by atoms with van der Waals surface area (Å²) in [7, 11) is 2.03. The summed E-state index contributed by atoms with van der Waals surface area (Å²) in [6.07, 6.45) is 7.99. The summed E-state index contributed by atoms with van der Waals surface area (Å²) < 4.78 is 4.21. The highest BCUT2D eigenvalue weighted by Crippen LogP contribution is 2.39. The SMILES string of the molecule is Cn1ccc2c(-c3c(-c4ccccn4)nn4c3CCC4)ccnc21. The Morgan fingerprint density at radius 2 is 2.00 bits per heavy atom. The maximum atomic E-state index is 4.88. The molecule has 1 aliphatic heterocycles. The van der Waals surface area contributed by atoms with Gasteiger partial charge in [-0.1, -0.05) is 6.07 Å². The molecule has 0 fully saturated rings. The maximum absolute atomic E-state index is 4.88. The van der Waals surface area contributed by atoms with Crippen LogP contribution >= 0.6 is 0 Å². The number of fused-ring (bicyclic) bond motifs is 2. The van der Waals surface area contributed by atoms with E-state index in [2.05, 4.69) is 37.5 Å². The van der Waals surface area contributed by atoms with Crippen LogP contribution in [-0.4, -0.2) is 24.3 Å². The lowest BCUT2D eigenvalue weighted by molar-refractivity contribution is 0.658. The zero-order valence-corrected chi connectivity index (χ0v) is 13.5. The van der Waals surface area contributed by atoms with Gasteiger partial charge in [0.05, 0.1) is 5.69 Å². The number of nitrogens with zero attached hydrogens (tertiary/aromatic N) is 5. The van der Waals surface area contributed by atoms with Crippen molar-refractivity contribution >= 4 is 11.0 Å². The summed E-state index contributed by atoms with van der Waals surface area (Å²) in [5, 5.41) is 6.04. The average Bonchev–Trinajstić information content (AvgIpc) is 3.30. The molecule has 4 aromatic rings. The molecule has 0 saturated carbocycles. The summed E-state index contributed by atoms with van der Waals surface area (Å²) in [5.41, 5.74) is 6.62. The third-order valence-electron chi connectivity index (χ3n) is 4.79. The van der Waals surface area contributed by atoms with Gasteiger partial charge in [0.15, 0.2) is 0 Å². The quantitative estimate of drug-likeness (QED) is 0.569. The van der Waals surface area contributed by atoms with Crippen LogP contribution in [0.5, 0.6) is 0 Å². The Morgan fingerprint density at radius 1 is 1.04 bits per heavy atom. The highest BCUT2D eigenvalue weighted by Gasteiger charge is 2.25. The smallest absolute Gasteiger partial charge is 0.140 e. The topological polar surface area (TPSA) is 48.5 Å². The third-order valence-corrected chi connectivity index (χ3v) is 4.79. The number of aromatic nitrogens is 5. The lowest BCUT2D eigenvalue weighted by atomic mass is 9.98. The van der Waals surface area contributed by atoms with Crippen molar-refractivity contribution in [2.24, 2.45) is 7.05 Å². The van der Waals surface area contributed by atoms with Crippen LogP contribution in [0, 0.1) is 0 Å². The Labute approximate surface area is 139 Å². The monoisotopic (exact) mass is 315 g/mol. The second-order valence-electron chi connectivity index (χ2n) is 6.23. The van der Waals surface area contributed by atoms with Gasteiger partial charge in [-0.05, 0) is 42.7 Å². The first-order valence-electron chi connectivity index (χ1n) is 8.24. The molecule has 118 valence electrons. The largest absolute Gasteiger partial charge is 0.336 e. The van der Waals surface area contributed by atoms with Crippen molar-refractivity contribution in [1.29, 1.82) is 0 Å². The van der Waals surface area contributed by atoms with Gasteiger partial charge in [0.1, 0.15) is 11.3 Å². The highest BCUT2D eigenvalue weighted by molar-refractivity contribution is 5.98. The van der Waals surface area contributed by atoms with E-state index in [1.807, 2.05) is 37.6 Å². The fourth-order valence-corrected chi connectivity index (χ4v) is 3.68. The predicted octanol–water partition coefficient (Wildman–Crippen LogP) is 3.45. The van der Waals surface area contributed by atoms with E-state index in [1.54, 1.807) is 0 Å². The number of hydrogen-bond acceptors (Lipinski definition) is 3. The number of rotatable bonds is 2. The molecular weight excluding hydrogens is 298 g/mol. The van der Waals surface area contributed by atoms with E-state index in [0.717, 1.165) is 36.4 Å². The fraction of sp³-hybridized carbons (Fsp3) is 0.211. The van der Waals surface area contributed by atoms with Crippen molar-refractivity contribution in [3.05, 3.63) is 54.6 Å². The summed E-state index contributed by atoms with van der Waals surface area (Å²) in [5.74, 6) is 0. The van der Waals surface area contributed by atoms with Gasteiger partial charge in [0.25, 0.3) is 0 Å². The number of hydrogen-bond donors (Lipinski definition) is 0. The van der Waals surface area contributed by atoms with Crippen LogP contribution in [-0.2, 0) is 20.0 Å². The molecule has 5 heteroatoms. The number of pyridine rings is 2. The number of aryl methyl sites for hydroxylation is 2. The first-order valence-corrected chi connectivity index (χ1v) is 8.24. The first kappa shape index (κ1) is 13.5. The van der Waals surface area contributed by atoms with Crippen LogP contribution in [0.4, 0.5) is 0 Å². The minimum absolute atomic E-state index is 0.926. The molecule has 24 heavy (non-hydrogen) atoms. The molecule has 4 aromatic heterocycles. The van der Waals surface area contributed by atoms with Gasteiger partial charge in [-0.3, -0.25) is 9.67 Å². The Kier molecular flexibility index (Phi) is 2.82. The molecule has 5 rings (SSSR count). The van der Waals surface area contributed by atoms with E-state index in [1.165, 1.54) is 22.2 Å². The molecule has 5 nitrogen and oxygen atoms in total. The maximum Gasteiger partial charge on any atom is 0.140 e. The summed E-state index contributed by atoms with van der Waals surface area (Å²) >= 11 is 0. The van der Waals surface area contributed by atoms with Crippen LogP contribution in [0.2, 0.25) is 0 Å². The van der Waals surface area contributed by atoms with Crippen molar-refractivity contribution in [3.8, 4) is 22.5 Å². The fourth-order valence-electron chi connectivity index (χ4n) is 3.68. The Balaban J connectivity index is 1.84. The lowest BCUT2D eigenvalue weighted by Gasteiger charge is -2.07. The van der Waals surface area contributed by atoms with Gasteiger partial charge >= 0.3 is 0 Å². The van der Waals surface area contributed by atoms with Crippen molar-refractivity contribution in [1.82, 2.24) is 24.3 Å². The summed E-state index contributed by atoms with van der Waals surface area (Å²) in [6, 6.07) is 10.2. The molecule has 0 N–H and O–H groups in total. The van der Waals surface area contributed by atoms with Crippen LogP contribution in [0.3, 0.4) is 0 Å². The summed E-state index contributed by atoms with van der Waals surface area (Å²) in [4.78, 5) is 9.06. The van der Waals surface area contributed by atoms with Crippen molar-refractivity contribution in [2.45, 2.75) is 19.4 Å². The molecule has 0 amide bonds. The van der Waals surface area contributed by atoms with Crippen molar-refractivity contribution in [2.75, 3.05) is 0 Å². The van der Waals surface area contributed by atoms with Crippen LogP contribution < -0.4 is 0 Å². The van der Waals surface area contributed by atoms with E-state index in [-0.39, 0.29) is 0 Å². The molecule has 0 radical (unpaired) electrons. The van der Waals surface area contributed by atoms with E-state index in [4.69, 9.17) is 5.10 Å². The van der Waals surface area contributed by atoms with Gasteiger partial charge in [-0.2, -0.15) is 5.10 Å². The molecule has 0 spiro atoms. The Bertz CT molecular complexity index is 1040. The van der Waals surface area contributed by atoms with Gasteiger partial charge in [0, 0.05) is 48.8 Å². The van der Waals surface area contributed by atoms with Crippen LogP contribution in [0.1, 0.15) is 12.1 Å². The van der Waals surface area contributed by atoms with E-state index in [9.17, 15) is 0 Å². The molecule has 1 aliphatic rings. The van der Waals surface area contributed by atoms with E-state index < -0.39 is 0 Å². The zero-order chi connectivity index (χ0) is 16.1. The molecule has 0 aromatic carbocycles. The van der Waals surface area contributed by atoms with Gasteiger partial charge in [-0.15, -0.1) is 0 Å². The molecule has 0 atom stereocenters. The molecule has 0 unspecified atom stereocenters. The van der Waals surface area contributed by atoms with Crippen molar-refractivity contribution in [3.63, 3.8) is 0 Å². The van der Waals surface area contributed by atoms with Crippen LogP contribution in [0.15, 0.2) is 48.9 Å².